The van der Waals surface area contributed by atoms with Gasteiger partial charge in [-0.25, -0.2) is 4.39 Å². The smallest absolute Gasteiger partial charge is 0.307 e. The van der Waals surface area contributed by atoms with Gasteiger partial charge in [-0.05, 0) is 31.2 Å². The maximum absolute atomic E-state index is 12.7. The van der Waals surface area contributed by atoms with Crippen molar-refractivity contribution >= 4 is 29.5 Å². The Kier molecular flexibility index (Phi) is 6.16. The molecule has 2 rings (SSSR count). The topological polar surface area (TPSA) is 81.4 Å². The number of nitrogens with zero attached hydrogens (tertiary/aromatic N) is 1. The zero-order valence-corrected chi connectivity index (χ0v) is 13.2. The lowest BCUT2D eigenvalue weighted by Gasteiger charge is -2.04. The van der Waals surface area contributed by atoms with Gasteiger partial charge in [0.05, 0.1) is 6.42 Å². The number of hydrogen-bond acceptors (Lipinski definition) is 6. The number of anilines is 1. The van der Waals surface area contributed by atoms with Crippen molar-refractivity contribution < 1.29 is 23.2 Å². The number of carbonyl (C=O) groups excluding carboxylic acids is 2. The molecule has 8 heteroatoms. The second-order valence-corrected chi connectivity index (χ2v) is 5.75. The monoisotopic (exact) mass is 338 g/mol. The standard InChI is InChI=1S/C15H15FN2O4S/c1-10-8-13(18-22-10)17-14(19)9-21-15(20)6-7-23-12-4-2-11(16)3-5-12/h2-5,8H,6-7,9H2,1H3,(H,17,18,19). The summed E-state index contributed by atoms with van der Waals surface area (Å²) in [5, 5.41) is 6.04. The summed E-state index contributed by atoms with van der Waals surface area (Å²) in [5.41, 5.74) is 0. The molecule has 23 heavy (non-hydrogen) atoms. The first-order valence-electron chi connectivity index (χ1n) is 6.80. The number of hydrogen-bond donors (Lipinski definition) is 1. The maximum Gasteiger partial charge on any atom is 0.307 e. The van der Waals surface area contributed by atoms with Crippen LogP contribution >= 0.6 is 11.8 Å². The van der Waals surface area contributed by atoms with E-state index in [9.17, 15) is 14.0 Å². The second kappa shape index (κ2) is 8.33. The van der Waals surface area contributed by atoms with Crippen LogP contribution in [-0.4, -0.2) is 29.4 Å². The molecule has 0 unspecified atom stereocenters. The Morgan fingerprint density at radius 1 is 1.35 bits per heavy atom. The van der Waals surface area contributed by atoms with Crippen molar-refractivity contribution in [3.63, 3.8) is 0 Å². The number of aromatic nitrogens is 1. The molecule has 2 aromatic rings. The maximum atomic E-state index is 12.7. The number of amides is 1. The van der Waals surface area contributed by atoms with E-state index in [0.717, 1.165) is 4.90 Å². The van der Waals surface area contributed by atoms with E-state index in [0.29, 0.717) is 11.5 Å². The quantitative estimate of drug-likeness (QED) is 0.617. The summed E-state index contributed by atoms with van der Waals surface area (Å²) in [6.45, 7) is 1.31. The predicted octanol–water partition coefficient (Wildman–Crippen LogP) is 2.79. The van der Waals surface area contributed by atoms with Crippen LogP contribution in [0.5, 0.6) is 0 Å². The average molecular weight is 338 g/mol. The van der Waals surface area contributed by atoms with Crippen LogP contribution in [0.25, 0.3) is 0 Å². The molecule has 122 valence electrons. The van der Waals surface area contributed by atoms with Crippen molar-refractivity contribution in [2.75, 3.05) is 17.7 Å². The van der Waals surface area contributed by atoms with Crippen LogP contribution in [0, 0.1) is 12.7 Å². The minimum Gasteiger partial charge on any atom is -0.456 e. The fourth-order valence-electron chi connectivity index (χ4n) is 1.61. The fourth-order valence-corrected chi connectivity index (χ4v) is 2.44. The van der Waals surface area contributed by atoms with Crippen LogP contribution < -0.4 is 5.32 Å². The van der Waals surface area contributed by atoms with Crippen molar-refractivity contribution in [2.24, 2.45) is 0 Å². The molecule has 1 N–H and O–H groups in total. The molecule has 0 atom stereocenters. The summed E-state index contributed by atoms with van der Waals surface area (Å²) in [4.78, 5) is 23.9. The summed E-state index contributed by atoms with van der Waals surface area (Å²) in [7, 11) is 0. The molecule has 0 aliphatic carbocycles. The van der Waals surface area contributed by atoms with Crippen LogP contribution in [0.1, 0.15) is 12.2 Å². The molecular formula is C15H15FN2O4S. The molecular weight excluding hydrogens is 323 g/mol. The highest BCUT2D eigenvalue weighted by molar-refractivity contribution is 7.99. The molecule has 0 spiro atoms. The number of carbonyl (C=O) groups is 2. The minimum absolute atomic E-state index is 0.151. The highest BCUT2D eigenvalue weighted by atomic mass is 32.2. The van der Waals surface area contributed by atoms with Gasteiger partial charge in [0.2, 0.25) is 0 Å². The third-order valence-corrected chi connectivity index (χ3v) is 3.66. The summed E-state index contributed by atoms with van der Waals surface area (Å²) >= 11 is 1.41. The highest BCUT2D eigenvalue weighted by Gasteiger charge is 2.10. The number of ether oxygens (including phenoxy) is 1. The predicted molar refractivity (Wildman–Crippen MR) is 82.6 cm³/mol. The van der Waals surface area contributed by atoms with Gasteiger partial charge < -0.3 is 14.6 Å². The summed E-state index contributed by atoms with van der Waals surface area (Å²) < 4.78 is 22.4. The number of rotatable bonds is 7. The van der Waals surface area contributed by atoms with Gasteiger partial charge >= 0.3 is 5.97 Å². The normalized spacial score (nSPS) is 10.3. The molecule has 0 aliphatic rings. The Morgan fingerprint density at radius 3 is 2.74 bits per heavy atom. The molecule has 0 radical (unpaired) electrons. The van der Waals surface area contributed by atoms with Crippen LogP contribution in [0.4, 0.5) is 10.2 Å². The highest BCUT2D eigenvalue weighted by Crippen LogP contribution is 2.18. The van der Waals surface area contributed by atoms with Gasteiger partial charge in [-0.15, -0.1) is 11.8 Å². The lowest BCUT2D eigenvalue weighted by atomic mass is 10.4. The zero-order chi connectivity index (χ0) is 16.7. The summed E-state index contributed by atoms with van der Waals surface area (Å²) in [6.07, 6.45) is 0.151. The van der Waals surface area contributed by atoms with Gasteiger partial charge in [-0.2, -0.15) is 0 Å². The Hall–Kier alpha value is -2.35. The summed E-state index contributed by atoms with van der Waals surface area (Å²) in [5.74, 6) is 0.0470. The van der Waals surface area contributed by atoms with Crippen molar-refractivity contribution in [2.45, 2.75) is 18.2 Å². The van der Waals surface area contributed by atoms with E-state index < -0.39 is 11.9 Å². The van der Waals surface area contributed by atoms with Gasteiger partial charge in [0.15, 0.2) is 12.4 Å². The number of halogens is 1. The van der Waals surface area contributed by atoms with Crippen molar-refractivity contribution in [1.82, 2.24) is 5.16 Å². The molecule has 0 aliphatic heterocycles. The fraction of sp³-hybridized carbons (Fsp3) is 0.267. The average Bonchev–Trinajstić information content (AvgIpc) is 2.92. The third kappa shape index (κ3) is 6.11. The first kappa shape index (κ1) is 17.0. The zero-order valence-electron chi connectivity index (χ0n) is 12.4. The largest absolute Gasteiger partial charge is 0.456 e. The van der Waals surface area contributed by atoms with Crippen LogP contribution in [-0.2, 0) is 14.3 Å². The first-order valence-corrected chi connectivity index (χ1v) is 7.78. The van der Waals surface area contributed by atoms with E-state index in [1.165, 1.54) is 23.9 Å². The van der Waals surface area contributed by atoms with Crippen molar-refractivity contribution in [3.05, 3.63) is 41.9 Å². The van der Waals surface area contributed by atoms with Crippen molar-refractivity contribution in [1.29, 1.82) is 0 Å². The van der Waals surface area contributed by atoms with Gasteiger partial charge in [0.1, 0.15) is 11.6 Å². The second-order valence-electron chi connectivity index (χ2n) is 4.58. The number of esters is 1. The molecule has 1 amide bonds. The van der Waals surface area contributed by atoms with Crippen molar-refractivity contribution in [3.8, 4) is 0 Å². The van der Waals surface area contributed by atoms with E-state index >= 15 is 0 Å². The molecule has 1 heterocycles. The Bertz CT molecular complexity index is 672. The number of thioether (sulfide) groups is 1. The van der Waals surface area contributed by atoms with Gasteiger partial charge in [-0.3, -0.25) is 9.59 Å². The molecule has 1 aromatic heterocycles. The Labute approximate surface area is 136 Å². The van der Waals surface area contributed by atoms with E-state index in [1.54, 1.807) is 25.1 Å². The van der Waals surface area contributed by atoms with E-state index in [2.05, 4.69) is 10.5 Å². The lowest BCUT2D eigenvalue weighted by Crippen LogP contribution is -2.21. The van der Waals surface area contributed by atoms with E-state index in [1.807, 2.05) is 0 Å². The van der Waals surface area contributed by atoms with E-state index in [-0.39, 0.29) is 24.7 Å². The SMILES string of the molecule is Cc1cc(NC(=O)COC(=O)CCSc2ccc(F)cc2)no1. The van der Waals surface area contributed by atoms with Gasteiger partial charge in [0, 0.05) is 16.7 Å². The summed E-state index contributed by atoms with van der Waals surface area (Å²) in [6, 6.07) is 7.55. The van der Waals surface area contributed by atoms with Crippen LogP contribution in [0.15, 0.2) is 39.8 Å². The number of benzene rings is 1. The Morgan fingerprint density at radius 2 is 2.09 bits per heavy atom. The molecule has 0 bridgehead atoms. The lowest BCUT2D eigenvalue weighted by molar-refractivity contribution is -0.146. The minimum atomic E-state index is -0.488. The first-order chi connectivity index (χ1) is 11.0. The number of nitrogens with one attached hydrogen (secondary N) is 1. The molecule has 1 aromatic carbocycles. The van der Waals surface area contributed by atoms with Crippen LogP contribution in [0.3, 0.4) is 0 Å². The third-order valence-electron chi connectivity index (χ3n) is 2.65. The molecule has 0 saturated heterocycles. The van der Waals surface area contributed by atoms with Crippen LogP contribution in [0.2, 0.25) is 0 Å². The van der Waals surface area contributed by atoms with E-state index in [4.69, 9.17) is 9.26 Å². The number of aryl methyl sites for hydroxylation is 1. The molecule has 0 fully saturated rings. The Balaban J connectivity index is 1.62. The molecule has 0 saturated carbocycles. The molecule has 6 nitrogen and oxygen atoms in total. The van der Waals surface area contributed by atoms with Gasteiger partial charge in [-0.1, -0.05) is 5.16 Å². The van der Waals surface area contributed by atoms with Gasteiger partial charge in [0.25, 0.3) is 5.91 Å².